The zero-order valence-electron chi connectivity index (χ0n) is 12.9. The van der Waals surface area contributed by atoms with Crippen molar-refractivity contribution in [3.05, 3.63) is 25.5 Å². The maximum Gasteiger partial charge on any atom is 0.220 e. The summed E-state index contributed by atoms with van der Waals surface area (Å²) in [6, 6.07) is -0.171. The lowest BCUT2D eigenvalue weighted by molar-refractivity contribution is -0.121. The van der Waals surface area contributed by atoms with Gasteiger partial charge in [0.05, 0.1) is 12.9 Å². The Bertz CT molecular complexity index is 298. The average molecular weight is 299 g/mol. The maximum atomic E-state index is 11.6. The van der Waals surface area contributed by atoms with Crippen LogP contribution in [0.3, 0.4) is 0 Å². The summed E-state index contributed by atoms with van der Waals surface area (Å²) >= 11 is 0. The predicted molar refractivity (Wildman–Crippen MR) is 84.7 cm³/mol. The van der Waals surface area contributed by atoms with Gasteiger partial charge in [-0.15, -0.1) is 6.58 Å². The van der Waals surface area contributed by atoms with Gasteiger partial charge in [0.15, 0.2) is 0 Å². The van der Waals surface area contributed by atoms with E-state index in [0.29, 0.717) is 32.5 Å². The van der Waals surface area contributed by atoms with Crippen molar-refractivity contribution >= 4 is 5.91 Å². The Morgan fingerprint density at radius 2 is 2.14 bits per heavy atom. The lowest BCUT2D eigenvalue weighted by Crippen LogP contribution is -2.47. The quantitative estimate of drug-likeness (QED) is 0.163. The SMILES string of the molecule is C=CCCNC(=O)CCC(NC)C(O)NCCCOC=C. The number of carbonyl (C=O) groups is 1. The Balaban J connectivity index is 3.82. The molecular weight excluding hydrogens is 270 g/mol. The van der Waals surface area contributed by atoms with E-state index in [4.69, 9.17) is 4.74 Å². The standard InChI is InChI=1S/C15H29N3O3/c1-4-6-10-17-14(19)9-8-13(16-3)15(20)18-11-7-12-21-5-2/h4-5,13,15-16,18,20H,1-2,6-12H2,3H3,(H,17,19). The number of aliphatic hydroxyl groups is 1. The largest absolute Gasteiger partial charge is 0.502 e. The highest BCUT2D eigenvalue weighted by Gasteiger charge is 2.17. The van der Waals surface area contributed by atoms with Gasteiger partial charge in [-0.25, -0.2) is 0 Å². The van der Waals surface area contributed by atoms with Crippen molar-refractivity contribution in [2.24, 2.45) is 0 Å². The molecule has 0 aromatic heterocycles. The highest BCUT2D eigenvalue weighted by molar-refractivity contribution is 5.75. The first-order chi connectivity index (χ1) is 10.2. The summed E-state index contributed by atoms with van der Waals surface area (Å²) < 4.78 is 4.99. The minimum atomic E-state index is -0.695. The van der Waals surface area contributed by atoms with E-state index >= 15 is 0 Å². The molecule has 0 aromatic carbocycles. The molecule has 21 heavy (non-hydrogen) atoms. The number of amides is 1. The molecule has 4 N–H and O–H groups in total. The summed E-state index contributed by atoms with van der Waals surface area (Å²) in [5.41, 5.74) is 0. The van der Waals surface area contributed by atoms with E-state index in [2.05, 4.69) is 29.1 Å². The van der Waals surface area contributed by atoms with E-state index < -0.39 is 6.23 Å². The van der Waals surface area contributed by atoms with Crippen LogP contribution in [0.4, 0.5) is 0 Å². The molecule has 0 spiro atoms. The monoisotopic (exact) mass is 299 g/mol. The van der Waals surface area contributed by atoms with E-state index in [1.165, 1.54) is 6.26 Å². The fourth-order valence-corrected chi connectivity index (χ4v) is 1.78. The van der Waals surface area contributed by atoms with Crippen LogP contribution < -0.4 is 16.0 Å². The van der Waals surface area contributed by atoms with E-state index in [9.17, 15) is 9.90 Å². The Morgan fingerprint density at radius 1 is 1.38 bits per heavy atom. The molecule has 0 aliphatic carbocycles. The number of carbonyl (C=O) groups excluding carboxylic acids is 1. The van der Waals surface area contributed by atoms with Gasteiger partial charge in [0.1, 0.15) is 6.23 Å². The molecule has 6 nitrogen and oxygen atoms in total. The molecule has 0 heterocycles. The molecule has 122 valence electrons. The van der Waals surface area contributed by atoms with Gasteiger partial charge in [-0.1, -0.05) is 12.7 Å². The van der Waals surface area contributed by atoms with Crippen molar-refractivity contribution in [2.45, 2.75) is 38.0 Å². The summed E-state index contributed by atoms with van der Waals surface area (Å²) in [6.07, 6.45) is 4.95. The number of rotatable bonds is 14. The van der Waals surface area contributed by atoms with Crippen LogP contribution in [0.5, 0.6) is 0 Å². The van der Waals surface area contributed by atoms with Crippen LogP contribution >= 0.6 is 0 Å². The normalized spacial score (nSPS) is 13.2. The molecule has 0 aromatic rings. The summed E-state index contributed by atoms with van der Waals surface area (Å²) in [5, 5.41) is 18.8. The third kappa shape index (κ3) is 11.0. The molecule has 0 aliphatic heterocycles. The van der Waals surface area contributed by atoms with Gasteiger partial charge in [-0.3, -0.25) is 10.1 Å². The smallest absolute Gasteiger partial charge is 0.220 e. The molecule has 0 saturated carbocycles. The molecule has 0 fully saturated rings. The van der Waals surface area contributed by atoms with Gasteiger partial charge in [0.2, 0.25) is 5.91 Å². The van der Waals surface area contributed by atoms with Crippen molar-refractivity contribution in [2.75, 3.05) is 26.7 Å². The number of aliphatic hydroxyl groups excluding tert-OH is 1. The maximum absolute atomic E-state index is 11.6. The number of nitrogens with one attached hydrogen (secondary N) is 3. The summed E-state index contributed by atoms with van der Waals surface area (Å²) in [6.45, 7) is 8.87. The Labute approximate surface area is 127 Å². The fraction of sp³-hybridized carbons (Fsp3) is 0.667. The van der Waals surface area contributed by atoms with Crippen LogP contribution in [0.1, 0.15) is 25.7 Å². The van der Waals surface area contributed by atoms with E-state index in [0.717, 1.165) is 12.8 Å². The van der Waals surface area contributed by atoms with Gasteiger partial charge < -0.3 is 20.5 Å². The van der Waals surface area contributed by atoms with Crippen molar-refractivity contribution in [1.29, 1.82) is 0 Å². The molecule has 0 rings (SSSR count). The van der Waals surface area contributed by atoms with Crippen LogP contribution in [-0.2, 0) is 9.53 Å². The molecular formula is C15H29N3O3. The topological polar surface area (TPSA) is 82.6 Å². The first-order valence-electron chi connectivity index (χ1n) is 7.34. The number of ether oxygens (including phenoxy) is 1. The summed E-state index contributed by atoms with van der Waals surface area (Å²) in [5.74, 6) is -0.0105. The van der Waals surface area contributed by atoms with E-state index in [-0.39, 0.29) is 11.9 Å². The fourth-order valence-electron chi connectivity index (χ4n) is 1.78. The molecule has 0 radical (unpaired) electrons. The van der Waals surface area contributed by atoms with Crippen LogP contribution in [-0.4, -0.2) is 50.0 Å². The van der Waals surface area contributed by atoms with Crippen molar-refractivity contribution in [3.63, 3.8) is 0 Å². The highest BCUT2D eigenvalue weighted by Crippen LogP contribution is 2.01. The van der Waals surface area contributed by atoms with Crippen molar-refractivity contribution in [1.82, 2.24) is 16.0 Å². The van der Waals surface area contributed by atoms with Gasteiger partial charge in [-0.05, 0) is 26.3 Å². The molecule has 0 saturated heterocycles. The molecule has 0 bridgehead atoms. The predicted octanol–water partition coefficient (Wildman–Crippen LogP) is 0.505. The molecule has 1 amide bonds. The Hall–Kier alpha value is -1.37. The average Bonchev–Trinajstić information content (AvgIpc) is 2.48. The summed E-state index contributed by atoms with van der Waals surface area (Å²) in [4.78, 5) is 11.6. The van der Waals surface area contributed by atoms with Crippen LogP contribution in [0.25, 0.3) is 0 Å². The zero-order valence-corrected chi connectivity index (χ0v) is 12.9. The van der Waals surface area contributed by atoms with Crippen LogP contribution in [0.15, 0.2) is 25.5 Å². The third-order valence-electron chi connectivity index (χ3n) is 3.02. The van der Waals surface area contributed by atoms with Crippen LogP contribution in [0.2, 0.25) is 0 Å². The molecule has 2 unspecified atom stereocenters. The first-order valence-corrected chi connectivity index (χ1v) is 7.34. The van der Waals surface area contributed by atoms with E-state index in [1.807, 2.05) is 0 Å². The minimum Gasteiger partial charge on any atom is -0.502 e. The molecule has 2 atom stereocenters. The number of hydrogen-bond donors (Lipinski definition) is 4. The Kier molecular flexibility index (Phi) is 12.7. The number of hydrogen-bond acceptors (Lipinski definition) is 5. The second-order valence-electron chi connectivity index (χ2n) is 4.65. The van der Waals surface area contributed by atoms with Gasteiger partial charge in [0, 0.05) is 25.6 Å². The lowest BCUT2D eigenvalue weighted by Gasteiger charge is -2.23. The van der Waals surface area contributed by atoms with Gasteiger partial charge >= 0.3 is 0 Å². The van der Waals surface area contributed by atoms with Crippen LogP contribution in [0, 0.1) is 0 Å². The Morgan fingerprint density at radius 3 is 2.76 bits per heavy atom. The number of likely N-dealkylation sites (N-methyl/N-ethyl adjacent to an activating group) is 1. The molecule has 0 aliphatic rings. The van der Waals surface area contributed by atoms with E-state index in [1.54, 1.807) is 13.1 Å². The summed E-state index contributed by atoms with van der Waals surface area (Å²) in [7, 11) is 1.77. The van der Waals surface area contributed by atoms with Crippen molar-refractivity contribution in [3.8, 4) is 0 Å². The second kappa shape index (κ2) is 13.6. The van der Waals surface area contributed by atoms with Gasteiger partial charge in [-0.2, -0.15) is 0 Å². The zero-order chi connectivity index (χ0) is 15.9. The molecule has 6 heteroatoms. The third-order valence-corrected chi connectivity index (χ3v) is 3.02. The first kappa shape index (κ1) is 19.6. The van der Waals surface area contributed by atoms with Crippen molar-refractivity contribution < 1.29 is 14.6 Å². The second-order valence-corrected chi connectivity index (χ2v) is 4.65. The highest BCUT2D eigenvalue weighted by atomic mass is 16.5. The lowest BCUT2D eigenvalue weighted by atomic mass is 10.1. The minimum absolute atomic E-state index is 0.0105. The van der Waals surface area contributed by atoms with Gasteiger partial charge in [0.25, 0.3) is 0 Å².